The van der Waals surface area contributed by atoms with Gasteiger partial charge in [0.05, 0.1) is 21.7 Å². The zero-order chi connectivity index (χ0) is 14.1. The van der Waals surface area contributed by atoms with Gasteiger partial charge in [-0.1, -0.05) is 11.6 Å². The third-order valence-electron chi connectivity index (χ3n) is 3.13. The molecule has 18 heavy (non-hydrogen) atoms. The number of nitrogens with one attached hydrogen (secondary N) is 1. The number of carbonyl (C=O) groups excluding carboxylic acids is 1. The van der Waals surface area contributed by atoms with Crippen molar-refractivity contribution in [3.8, 4) is 0 Å². The van der Waals surface area contributed by atoms with Gasteiger partial charge in [0, 0.05) is 0 Å². The van der Waals surface area contributed by atoms with Crippen LogP contribution in [0, 0.1) is 5.82 Å². The summed E-state index contributed by atoms with van der Waals surface area (Å²) in [4.78, 5) is 12.0. The molecule has 0 aromatic heterocycles. The van der Waals surface area contributed by atoms with Gasteiger partial charge >= 0.3 is 0 Å². The maximum Gasteiger partial charge on any atom is 0.253 e. The Morgan fingerprint density at radius 2 is 1.89 bits per heavy atom. The first-order valence-electron chi connectivity index (χ1n) is 5.54. The van der Waals surface area contributed by atoms with Crippen molar-refractivity contribution in [1.29, 1.82) is 0 Å². The lowest BCUT2D eigenvalue weighted by Crippen LogP contribution is -2.57. The molecule has 1 amide bonds. The van der Waals surface area contributed by atoms with Crippen molar-refractivity contribution < 1.29 is 14.3 Å². The third kappa shape index (κ3) is 3.21. The molecule has 0 aliphatic rings. The summed E-state index contributed by atoms with van der Waals surface area (Å²) in [5, 5.41) is 12.7. The van der Waals surface area contributed by atoms with Gasteiger partial charge in [-0.25, -0.2) is 4.39 Å². The van der Waals surface area contributed by atoms with Gasteiger partial charge in [-0.05, 0) is 45.9 Å². The molecule has 0 saturated heterocycles. The number of benzene rings is 1. The molecule has 0 bridgehead atoms. The summed E-state index contributed by atoms with van der Waals surface area (Å²) in [6, 6.07) is 3.55. The first kappa shape index (κ1) is 14.9. The maximum atomic E-state index is 12.9. The van der Waals surface area contributed by atoms with Gasteiger partial charge in [-0.3, -0.25) is 4.79 Å². The molecule has 0 heterocycles. The van der Waals surface area contributed by atoms with Gasteiger partial charge in [-0.2, -0.15) is 0 Å². The number of carbonyl (C=O) groups is 1. The van der Waals surface area contributed by atoms with Crippen LogP contribution in [0.5, 0.6) is 0 Å². The van der Waals surface area contributed by atoms with Crippen molar-refractivity contribution in [3.05, 3.63) is 34.6 Å². The molecule has 1 rings (SSSR count). The summed E-state index contributed by atoms with van der Waals surface area (Å²) in [5.74, 6) is -0.953. The number of halogens is 2. The molecule has 100 valence electrons. The summed E-state index contributed by atoms with van der Waals surface area (Å²) < 4.78 is 12.9. The van der Waals surface area contributed by atoms with E-state index in [1.807, 2.05) is 0 Å². The molecule has 0 spiro atoms. The Balaban J connectivity index is 2.96. The molecule has 0 fully saturated rings. The number of hydrogen-bond acceptors (Lipinski definition) is 2. The van der Waals surface area contributed by atoms with E-state index in [1.54, 1.807) is 27.7 Å². The monoisotopic (exact) mass is 273 g/mol. The van der Waals surface area contributed by atoms with Crippen LogP contribution in [0.25, 0.3) is 0 Å². The summed E-state index contributed by atoms with van der Waals surface area (Å²) in [6.45, 7) is 6.59. The lowest BCUT2D eigenvalue weighted by atomic mass is 9.86. The quantitative estimate of drug-likeness (QED) is 0.890. The van der Waals surface area contributed by atoms with Crippen LogP contribution in [0.3, 0.4) is 0 Å². The van der Waals surface area contributed by atoms with Crippen LogP contribution in [0.2, 0.25) is 5.02 Å². The molecule has 3 nitrogen and oxygen atoms in total. The van der Waals surface area contributed by atoms with Crippen LogP contribution in [0.15, 0.2) is 18.2 Å². The highest BCUT2D eigenvalue weighted by Gasteiger charge is 2.36. The molecule has 0 radical (unpaired) electrons. The second-order valence-electron chi connectivity index (χ2n) is 5.26. The van der Waals surface area contributed by atoms with Crippen molar-refractivity contribution in [1.82, 2.24) is 5.32 Å². The van der Waals surface area contributed by atoms with Crippen molar-refractivity contribution in [3.63, 3.8) is 0 Å². The van der Waals surface area contributed by atoms with Gasteiger partial charge in [-0.15, -0.1) is 0 Å². The standard InChI is InChI=1S/C13H17ClFNO2/c1-12(2,13(3,4)18)16-11(17)9-6-5-8(15)7-10(9)14/h5-7,18H,1-4H3,(H,16,17). The van der Waals surface area contributed by atoms with Crippen molar-refractivity contribution in [2.75, 3.05) is 0 Å². The van der Waals surface area contributed by atoms with E-state index >= 15 is 0 Å². The molecular formula is C13H17ClFNO2. The lowest BCUT2D eigenvalue weighted by Gasteiger charge is -2.38. The Morgan fingerprint density at radius 3 is 2.33 bits per heavy atom. The molecule has 5 heteroatoms. The fourth-order valence-electron chi connectivity index (χ4n) is 1.18. The van der Waals surface area contributed by atoms with Crippen LogP contribution in [-0.4, -0.2) is 22.2 Å². The summed E-state index contributed by atoms with van der Waals surface area (Å²) >= 11 is 5.80. The van der Waals surface area contributed by atoms with Gasteiger partial charge in [0.15, 0.2) is 0 Å². The number of rotatable bonds is 3. The number of aliphatic hydroxyl groups is 1. The Bertz CT molecular complexity index is 467. The van der Waals surface area contributed by atoms with Crippen LogP contribution >= 0.6 is 11.6 Å². The molecule has 1 aromatic carbocycles. The van der Waals surface area contributed by atoms with E-state index in [0.717, 1.165) is 12.1 Å². The second-order valence-corrected chi connectivity index (χ2v) is 5.67. The average Bonchev–Trinajstić information content (AvgIpc) is 2.14. The Labute approximate surface area is 111 Å². The third-order valence-corrected chi connectivity index (χ3v) is 3.44. The molecule has 0 aliphatic carbocycles. The van der Waals surface area contributed by atoms with Crippen molar-refractivity contribution in [2.45, 2.75) is 38.8 Å². The van der Waals surface area contributed by atoms with E-state index in [9.17, 15) is 14.3 Å². The molecule has 2 N–H and O–H groups in total. The SMILES string of the molecule is CC(C)(O)C(C)(C)NC(=O)c1ccc(F)cc1Cl. The van der Waals surface area contributed by atoms with E-state index < -0.39 is 22.9 Å². The second kappa shape index (κ2) is 4.86. The molecule has 0 aliphatic heterocycles. The van der Waals surface area contributed by atoms with Gasteiger partial charge in [0.25, 0.3) is 5.91 Å². The smallest absolute Gasteiger partial charge is 0.253 e. The molecule has 0 atom stereocenters. The predicted molar refractivity (Wildman–Crippen MR) is 69.3 cm³/mol. The van der Waals surface area contributed by atoms with E-state index in [1.165, 1.54) is 6.07 Å². The first-order chi connectivity index (χ1) is 8.04. The Hall–Kier alpha value is -1.13. The predicted octanol–water partition coefficient (Wildman–Crippen LogP) is 2.76. The highest BCUT2D eigenvalue weighted by molar-refractivity contribution is 6.33. The molecular weight excluding hydrogens is 257 g/mol. The fourth-order valence-corrected chi connectivity index (χ4v) is 1.43. The minimum absolute atomic E-state index is 0.0408. The number of amides is 1. The molecule has 0 unspecified atom stereocenters. The largest absolute Gasteiger partial charge is 0.388 e. The topological polar surface area (TPSA) is 49.3 Å². The Kier molecular flexibility index (Phi) is 4.03. The minimum atomic E-state index is -1.10. The fraction of sp³-hybridized carbons (Fsp3) is 0.462. The normalized spacial score (nSPS) is 12.4. The van der Waals surface area contributed by atoms with Crippen LogP contribution < -0.4 is 5.32 Å². The van der Waals surface area contributed by atoms with Gasteiger partial charge in [0.1, 0.15) is 5.82 Å². The first-order valence-corrected chi connectivity index (χ1v) is 5.92. The van der Waals surface area contributed by atoms with Crippen molar-refractivity contribution in [2.24, 2.45) is 0 Å². The van der Waals surface area contributed by atoms with E-state index in [-0.39, 0.29) is 10.6 Å². The van der Waals surface area contributed by atoms with E-state index in [0.29, 0.717) is 0 Å². The molecule has 1 aromatic rings. The maximum absolute atomic E-state index is 12.9. The summed E-state index contributed by atoms with van der Waals surface area (Å²) in [7, 11) is 0. The Morgan fingerprint density at radius 1 is 1.33 bits per heavy atom. The highest BCUT2D eigenvalue weighted by Crippen LogP contribution is 2.23. The van der Waals surface area contributed by atoms with E-state index in [4.69, 9.17) is 11.6 Å². The summed E-state index contributed by atoms with van der Waals surface area (Å²) in [5.41, 5.74) is -1.77. The molecule has 0 saturated carbocycles. The zero-order valence-corrected chi connectivity index (χ0v) is 11.6. The highest BCUT2D eigenvalue weighted by atomic mass is 35.5. The van der Waals surface area contributed by atoms with Gasteiger partial charge < -0.3 is 10.4 Å². The number of hydrogen-bond donors (Lipinski definition) is 2. The van der Waals surface area contributed by atoms with Crippen LogP contribution in [0.4, 0.5) is 4.39 Å². The van der Waals surface area contributed by atoms with Crippen LogP contribution in [-0.2, 0) is 0 Å². The van der Waals surface area contributed by atoms with Crippen molar-refractivity contribution >= 4 is 17.5 Å². The van der Waals surface area contributed by atoms with E-state index in [2.05, 4.69) is 5.32 Å². The lowest BCUT2D eigenvalue weighted by molar-refractivity contribution is -0.00292. The minimum Gasteiger partial charge on any atom is -0.388 e. The zero-order valence-electron chi connectivity index (χ0n) is 10.8. The average molecular weight is 274 g/mol. The van der Waals surface area contributed by atoms with Gasteiger partial charge in [0.2, 0.25) is 0 Å². The van der Waals surface area contributed by atoms with Crippen LogP contribution in [0.1, 0.15) is 38.1 Å². The summed E-state index contributed by atoms with van der Waals surface area (Å²) in [6.07, 6.45) is 0.